The third-order valence-electron chi connectivity index (χ3n) is 4.46. The van der Waals surface area contributed by atoms with Crippen LogP contribution in [0.4, 0.5) is 5.69 Å². The molecular formula is C23H19N3O3. The van der Waals surface area contributed by atoms with Gasteiger partial charge in [0, 0.05) is 35.6 Å². The number of phenolic OH excluding ortho intramolecular Hbond substituents is 2. The molecule has 0 bridgehead atoms. The van der Waals surface area contributed by atoms with Gasteiger partial charge in [-0.3, -0.25) is 9.36 Å². The predicted molar refractivity (Wildman–Crippen MR) is 112 cm³/mol. The van der Waals surface area contributed by atoms with E-state index in [2.05, 4.69) is 5.32 Å². The van der Waals surface area contributed by atoms with Gasteiger partial charge in [0.2, 0.25) is 5.91 Å². The number of aromatic hydroxyl groups is 2. The fourth-order valence-electron chi connectivity index (χ4n) is 3.13. The normalized spacial score (nSPS) is 10.7. The smallest absolute Gasteiger partial charge is 0.221 e. The molecule has 6 heteroatoms. The Labute approximate surface area is 167 Å². The number of rotatable bonds is 4. The van der Waals surface area contributed by atoms with Gasteiger partial charge < -0.3 is 15.5 Å². The lowest BCUT2D eigenvalue weighted by atomic mass is 10.1. The largest absolute Gasteiger partial charge is 0.508 e. The van der Waals surface area contributed by atoms with Gasteiger partial charge in [-0.25, -0.2) is 4.98 Å². The number of nitrogens with zero attached hydrogens (tertiary/aromatic N) is 2. The summed E-state index contributed by atoms with van der Waals surface area (Å²) in [5.41, 5.74) is 3.36. The van der Waals surface area contributed by atoms with Crippen molar-refractivity contribution in [3.05, 3.63) is 79.0 Å². The number of nitrogens with one attached hydrogen (secondary N) is 1. The standard InChI is InChI=1S/C23H19N3O3/c1-15(27)24-17-9-12-22(29)20(13-17)21-14-26(18-5-3-2-4-6-18)23(25-21)16-7-10-19(28)11-8-16/h2-14,28-29H,1H3,(H,24,27). The first-order valence-corrected chi connectivity index (χ1v) is 9.06. The highest BCUT2D eigenvalue weighted by Crippen LogP contribution is 2.34. The molecular weight excluding hydrogens is 366 g/mol. The molecule has 0 spiro atoms. The average Bonchev–Trinajstić information content (AvgIpc) is 3.15. The summed E-state index contributed by atoms with van der Waals surface area (Å²) in [4.78, 5) is 16.1. The summed E-state index contributed by atoms with van der Waals surface area (Å²) >= 11 is 0. The van der Waals surface area contributed by atoms with Gasteiger partial charge in [0.15, 0.2) is 0 Å². The van der Waals surface area contributed by atoms with E-state index in [0.717, 1.165) is 11.3 Å². The number of hydrogen-bond acceptors (Lipinski definition) is 4. The van der Waals surface area contributed by atoms with E-state index in [1.165, 1.54) is 13.0 Å². The highest BCUT2D eigenvalue weighted by Gasteiger charge is 2.16. The van der Waals surface area contributed by atoms with Gasteiger partial charge in [-0.15, -0.1) is 0 Å². The minimum atomic E-state index is -0.193. The summed E-state index contributed by atoms with van der Waals surface area (Å²) in [6.07, 6.45) is 1.84. The van der Waals surface area contributed by atoms with Crippen LogP contribution in [0.25, 0.3) is 28.3 Å². The van der Waals surface area contributed by atoms with E-state index < -0.39 is 0 Å². The molecule has 0 atom stereocenters. The van der Waals surface area contributed by atoms with Crippen LogP contribution in [-0.4, -0.2) is 25.7 Å². The Kier molecular flexibility index (Phi) is 4.75. The first-order valence-electron chi connectivity index (χ1n) is 9.06. The van der Waals surface area contributed by atoms with Gasteiger partial charge in [-0.05, 0) is 54.6 Å². The molecule has 1 aromatic heterocycles. The second kappa shape index (κ2) is 7.52. The van der Waals surface area contributed by atoms with Gasteiger partial charge in [0.05, 0.1) is 5.69 Å². The van der Waals surface area contributed by atoms with Crippen molar-refractivity contribution in [1.29, 1.82) is 0 Å². The number of amides is 1. The Hall–Kier alpha value is -4.06. The molecule has 0 aliphatic carbocycles. The van der Waals surface area contributed by atoms with E-state index in [9.17, 15) is 15.0 Å². The molecule has 29 heavy (non-hydrogen) atoms. The molecule has 3 N–H and O–H groups in total. The lowest BCUT2D eigenvalue weighted by Crippen LogP contribution is -2.05. The molecule has 0 unspecified atom stereocenters. The summed E-state index contributed by atoms with van der Waals surface area (Å²) in [5, 5.41) is 22.7. The summed E-state index contributed by atoms with van der Waals surface area (Å²) in [5.74, 6) is 0.707. The third kappa shape index (κ3) is 3.82. The molecule has 1 heterocycles. The Balaban J connectivity index is 1.88. The van der Waals surface area contributed by atoms with Crippen LogP contribution in [0.15, 0.2) is 79.0 Å². The summed E-state index contributed by atoms with van der Waals surface area (Å²) in [6.45, 7) is 1.43. The molecule has 0 aliphatic rings. The van der Waals surface area contributed by atoms with Crippen molar-refractivity contribution < 1.29 is 15.0 Å². The zero-order valence-electron chi connectivity index (χ0n) is 15.7. The minimum Gasteiger partial charge on any atom is -0.508 e. The van der Waals surface area contributed by atoms with Crippen LogP contribution in [0.3, 0.4) is 0 Å². The van der Waals surface area contributed by atoms with Gasteiger partial charge in [0.1, 0.15) is 17.3 Å². The molecule has 0 radical (unpaired) electrons. The van der Waals surface area contributed by atoms with Crippen LogP contribution in [0.5, 0.6) is 11.5 Å². The molecule has 0 fully saturated rings. The van der Waals surface area contributed by atoms with E-state index in [1.807, 2.05) is 41.1 Å². The van der Waals surface area contributed by atoms with Crippen LogP contribution in [0.2, 0.25) is 0 Å². The van der Waals surface area contributed by atoms with E-state index in [-0.39, 0.29) is 17.4 Å². The Bertz CT molecular complexity index is 1170. The fraction of sp³-hybridized carbons (Fsp3) is 0.0435. The van der Waals surface area contributed by atoms with E-state index in [4.69, 9.17) is 4.98 Å². The second-order valence-corrected chi connectivity index (χ2v) is 6.62. The predicted octanol–water partition coefficient (Wildman–Crippen LogP) is 4.58. The van der Waals surface area contributed by atoms with E-state index >= 15 is 0 Å². The first kappa shape index (κ1) is 18.3. The Morgan fingerprint density at radius 2 is 1.69 bits per heavy atom. The first-order chi connectivity index (χ1) is 14.0. The maximum Gasteiger partial charge on any atom is 0.221 e. The number of carbonyl (C=O) groups excluding carboxylic acids is 1. The van der Waals surface area contributed by atoms with Gasteiger partial charge in [-0.2, -0.15) is 0 Å². The number of anilines is 1. The summed E-state index contributed by atoms with van der Waals surface area (Å²) < 4.78 is 1.92. The highest BCUT2D eigenvalue weighted by atomic mass is 16.3. The van der Waals surface area contributed by atoms with Crippen molar-refractivity contribution in [3.8, 4) is 39.8 Å². The highest BCUT2D eigenvalue weighted by molar-refractivity contribution is 5.90. The van der Waals surface area contributed by atoms with Crippen molar-refractivity contribution in [2.75, 3.05) is 5.32 Å². The lowest BCUT2D eigenvalue weighted by Gasteiger charge is -2.07. The van der Waals surface area contributed by atoms with Crippen LogP contribution >= 0.6 is 0 Å². The van der Waals surface area contributed by atoms with E-state index in [0.29, 0.717) is 22.8 Å². The van der Waals surface area contributed by atoms with Crippen molar-refractivity contribution in [1.82, 2.24) is 9.55 Å². The van der Waals surface area contributed by atoms with Crippen molar-refractivity contribution in [3.63, 3.8) is 0 Å². The average molecular weight is 385 g/mol. The maximum atomic E-state index is 11.4. The molecule has 4 aromatic rings. The van der Waals surface area contributed by atoms with Crippen LogP contribution in [0.1, 0.15) is 6.92 Å². The fourth-order valence-corrected chi connectivity index (χ4v) is 3.13. The molecule has 0 saturated carbocycles. The third-order valence-corrected chi connectivity index (χ3v) is 4.46. The van der Waals surface area contributed by atoms with Gasteiger partial charge in [-0.1, -0.05) is 18.2 Å². The molecule has 0 saturated heterocycles. The number of para-hydroxylation sites is 1. The molecule has 4 rings (SSSR count). The number of phenols is 2. The summed E-state index contributed by atoms with van der Waals surface area (Å²) in [6, 6.07) is 21.4. The number of aromatic nitrogens is 2. The van der Waals surface area contributed by atoms with Crippen molar-refractivity contribution in [2.24, 2.45) is 0 Å². The van der Waals surface area contributed by atoms with Gasteiger partial charge >= 0.3 is 0 Å². The molecule has 1 amide bonds. The zero-order chi connectivity index (χ0) is 20.4. The van der Waals surface area contributed by atoms with Crippen LogP contribution in [0, 0.1) is 0 Å². The summed E-state index contributed by atoms with van der Waals surface area (Å²) in [7, 11) is 0. The van der Waals surface area contributed by atoms with Gasteiger partial charge in [0.25, 0.3) is 0 Å². The van der Waals surface area contributed by atoms with E-state index in [1.54, 1.807) is 36.4 Å². The maximum absolute atomic E-state index is 11.4. The lowest BCUT2D eigenvalue weighted by molar-refractivity contribution is -0.114. The SMILES string of the molecule is CC(=O)Nc1ccc(O)c(-c2cn(-c3ccccc3)c(-c3ccc(O)cc3)n2)c1. The minimum absolute atomic E-state index is 0.0640. The number of imidazole rings is 1. The molecule has 144 valence electrons. The molecule has 3 aromatic carbocycles. The van der Waals surface area contributed by atoms with Crippen molar-refractivity contribution >= 4 is 11.6 Å². The Morgan fingerprint density at radius 1 is 0.966 bits per heavy atom. The zero-order valence-corrected chi connectivity index (χ0v) is 15.7. The monoisotopic (exact) mass is 385 g/mol. The van der Waals surface area contributed by atoms with Crippen LogP contribution < -0.4 is 5.32 Å². The molecule has 0 aliphatic heterocycles. The van der Waals surface area contributed by atoms with Crippen molar-refractivity contribution in [2.45, 2.75) is 6.92 Å². The number of hydrogen-bond donors (Lipinski definition) is 3. The van der Waals surface area contributed by atoms with Crippen LogP contribution in [-0.2, 0) is 4.79 Å². The Morgan fingerprint density at radius 3 is 2.38 bits per heavy atom. The second-order valence-electron chi connectivity index (χ2n) is 6.62. The topological polar surface area (TPSA) is 87.4 Å². The number of carbonyl (C=O) groups is 1. The quantitative estimate of drug-likeness (QED) is 0.449. The molecule has 6 nitrogen and oxygen atoms in total. The number of benzene rings is 3.